The van der Waals surface area contributed by atoms with Gasteiger partial charge in [-0.3, -0.25) is 9.58 Å². The number of likely N-dealkylation sites (N-methyl/N-ethyl adjacent to an activating group) is 1. The number of hydrogen-bond donors (Lipinski definition) is 1. The Hall–Kier alpha value is -2.08. The van der Waals surface area contributed by atoms with Crippen molar-refractivity contribution in [2.75, 3.05) is 45.7 Å². The van der Waals surface area contributed by atoms with Crippen LogP contribution in [-0.2, 0) is 17.1 Å². The van der Waals surface area contributed by atoms with Crippen LogP contribution in [0.25, 0.3) is 0 Å². The molecule has 1 aliphatic rings. The summed E-state index contributed by atoms with van der Waals surface area (Å²) in [5.74, 6) is -1.78. The van der Waals surface area contributed by atoms with Gasteiger partial charge in [0.15, 0.2) is 11.6 Å². The third-order valence-corrected chi connectivity index (χ3v) is 8.50. The van der Waals surface area contributed by atoms with E-state index in [9.17, 15) is 13.5 Å². The number of aryl methyl sites for hydroxylation is 1. The molecule has 1 saturated heterocycles. The first-order valence-electron chi connectivity index (χ1n) is 11.5. The molecule has 0 amide bonds. The van der Waals surface area contributed by atoms with Crippen LogP contribution in [0.1, 0.15) is 37.9 Å². The Bertz CT molecular complexity index is 1070. The lowest BCUT2D eigenvalue weighted by atomic mass is 9.86. The van der Waals surface area contributed by atoms with Crippen molar-refractivity contribution in [3.63, 3.8) is 0 Å². The van der Waals surface area contributed by atoms with E-state index in [1.807, 2.05) is 24.8 Å². The normalized spacial score (nSPS) is 20.6. The lowest BCUT2D eigenvalue weighted by Gasteiger charge is -2.41. The van der Waals surface area contributed by atoms with Crippen LogP contribution in [0, 0.1) is 17.6 Å². The van der Waals surface area contributed by atoms with Crippen LogP contribution in [-0.4, -0.2) is 79.4 Å². The molecule has 2 heterocycles. The molecule has 3 atom stereocenters. The maximum atomic E-state index is 15.1. The monoisotopic (exact) mass is 499 g/mol. The van der Waals surface area contributed by atoms with Gasteiger partial charge in [0.05, 0.1) is 22.7 Å². The molecule has 8 nitrogen and oxygen atoms in total. The van der Waals surface area contributed by atoms with Crippen LogP contribution in [0.5, 0.6) is 0 Å². The summed E-state index contributed by atoms with van der Waals surface area (Å²) in [6.45, 7) is 2.88. The van der Waals surface area contributed by atoms with Gasteiger partial charge in [0, 0.05) is 40.4 Å². The van der Waals surface area contributed by atoms with Crippen molar-refractivity contribution >= 4 is 15.7 Å². The average Bonchev–Trinajstić information content (AvgIpc) is 3.18. The predicted molar refractivity (Wildman–Crippen MR) is 127 cm³/mol. The molecule has 0 radical (unpaired) electrons. The fourth-order valence-electron chi connectivity index (χ4n) is 4.80. The Balaban J connectivity index is 1.85. The molecule has 0 unspecified atom stereocenters. The summed E-state index contributed by atoms with van der Waals surface area (Å²) in [4.78, 5) is 3.29. The maximum Gasteiger partial charge on any atom is 0.243 e. The molecule has 0 saturated carbocycles. The number of piperidine rings is 1. The van der Waals surface area contributed by atoms with Crippen LogP contribution in [0.15, 0.2) is 29.3 Å². The van der Waals surface area contributed by atoms with E-state index in [-0.39, 0.29) is 24.2 Å². The Kier molecular flexibility index (Phi) is 8.33. The van der Waals surface area contributed by atoms with Crippen LogP contribution in [0.2, 0.25) is 0 Å². The van der Waals surface area contributed by atoms with Crippen molar-refractivity contribution in [3.05, 3.63) is 41.7 Å². The van der Waals surface area contributed by atoms with Gasteiger partial charge in [-0.2, -0.15) is 9.40 Å². The predicted octanol–water partition coefficient (Wildman–Crippen LogP) is 2.61. The summed E-state index contributed by atoms with van der Waals surface area (Å²) in [6.07, 6.45) is 3.11. The highest BCUT2D eigenvalue weighted by atomic mass is 32.2. The number of sulfonamides is 1. The van der Waals surface area contributed by atoms with Crippen molar-refractivity contribution in [1.82, 2.24) is 19.0 Å². The van der Waals surface area contributed by atoms with E-state index in [0.717, 1.165) is 41.5 Å². The molecule has 0 aliphatic carbocycles. The van der Waals surface area contributed by atoms with Gasteiger partial charge < -0.3 is 10.0 Å². The number of nitrogens with zero attached hydrogens (tertiary/aromatic N) is 5. The van der Waals surface area contributed by atoms with Gasteiger partial charge in [-0.15, -0.1) is 0 Å². The number of anilines is 1. The fraction of sp³-hybridized carbons (Fsp3) is 0.609. The number of hydrogen-bond acceptors (Lipinski definition) is 6. The minimum absolute atomic E-state index is 0.0492. The Morgan fingerprint density at radius 3 is 2.44 bits per heavy atom. The second-order valence-electron chi connectivity index (χ2n) is 9.17. The number of benzene rings is 1. The van der Waals surface area contributed by atoms with E-state index >= 15 is 8.78 Å². The van der Waals surface area contributed by atoms with Crippen molar-refractivity contribution in [3.8, 4) is 0 Å². The molecule has 11 heteroatoms. The zero-order valence-corrected chi connectivity index (χ0v) is 21.3. The SMILES string of the molecule is CC[C@@H](O)CN(C)S(=O)(=O)c1cc(F)c(N(C)C[C@@H]2CCCN(C)[C@H]2c2ccnn2C)c(F)c1. The third-order valence-electron chi connectivity index (χ3n) is 6.70. The van der Waals surface area contributed by atoms with Gasteiger partial charge in [0.2, 0.25) is 10.0 Å². The molecule has 0 spiro atoms. The van der Waals surface area contributed by atoms with Crippen LogP contribution >= 0.6 is 0 Å². The van der Waals surface area contributed by atoms with E-state index in [4.69, 9.17) is 0 Å². The summed E-state index contributed by atoms with van der Waals surface area (Å²) < 4.78 is 58.5. The number of aliphatic hydroxyl groups is 1. The lowest BCUT2D eigenvalue weighted by Crippen LogP contribution is -2.42. The van der Waals surface area contributed by atoms with Crippen LogP contribution in [0.4, 0.5) is 14.5 Å². The lowest BCUT2D eigenvalue weighted by molar-refractivity contribution is 0.117. The molecule has 3 rings (SSSR count). The van der Waals surface area contributed by atoms with E-state index in [1.165, 1.54) is 11.9 Å². The number of aliphatic hydroxyl groups excluding tert-OH is 1. The first-order valence-corrected chi connectivity index (χ1v) is 12.9. The minimum Gasteiger partial charge on any atom is -0.392 e. The van der Waals surface area contributed by atoms with Gasteiger partial charge in [-0.1, -0.05) is 6.92 Å². The molecule has 1 fully saturated rings. The Morgan fingerprint density at radius 1 is 1.24 bits per heavy atom. The second kappa shape index (κ2) is 10.7. The number of likely N-dealkylation sites (tertiary alicyclic amines) is 1. The highest BCUT2D eigenvalue weighted by Gasteiger charge is 2.34. The van der Waals surface area contributed by atoms with E-state index < -0.39 is 32.7 Å². The van der Waals surface area contributed by atoms with Gasteiger partial charge in [-0.05, 0) is 57.0 Å². The fourth-order valence-corrected chi connectivity index (χ4v) is 6.03. The molecule has 34 heavy (non-hydrogen) atoms. The standard InChI is InChI=1S/C23H35F2N5O3S/c1-6-17(31)15-29(4)34(32,33)18-12-19(24)23(20(25)13-18)28(3)14-16-8-7-11-27(2)22(16)21-9-10-26-30(21)5/h9-10,12-13,16-17,22,31H,6-8,11,14-15H2,1-5H3/t16-,17+,22+/m0/s1. The Morgan fingerprint density at radius 2 is 1.88 bits per heavy atom. The summed E-state index contributed by atoms with van der Waals surface area (Å²) in [6, 6.07) is 3.72. The number of halogens is 2. The van der Waals surface area contributed by atoms with Crippen LogP contribution < -0.4 is 4.90 Å². The van der Waals surface area contributed by atoms with E-state index in [1.54, 1.807) is 20.2 Å². The summed E-state index contributed by atoms with van der Waals surface area (Å²) in [5, 5.41) is 14.1. The third kappa shape index (κ3) is 5.42. The van der Waals surface area contributed by atoms with Gasteiger partial charge in [-0.25, -0.2) is 17.2 Å². The van der Waals surface area contributed by atoms with Crippen molar-refractivity contribution in [2.24, 2.45) is 13.0 Å². The molecule has 1 aromatic carbocycles. The first kappa shape index (κ1) is 26.5. The van der Waals surface area contributed by atoms with Crippen LogP contribution in [0.3, 0.4) is 0 Å². The second-order valence-corrected chi connectivity index (χ2v) is 11.2. The highest BCUT2D eigenvalue weighted by Crippen LogP contribution is 2.37. The molecule has 1 aromatic heterocycles. The van der Waals surface area contributed by atoms with E-state index in [0.29, 0.717) is 13.0 Å². The maximum absolute atomic E-state index is 15.1. The van der Waals surface area contributed by atoms with Gasteiger partial charge in [0.25, 0.3) is 0 Å². The molecule has 1 aliphatic heterocycles. The number of aromatic nitrogens is 2. The summed E-state index contributed by atoms with van der Waals surface area (Å²) >= 11 is 0. The van der Waals surface area contributed by atoms with Crippen molar-refractivity contribution < 1.29 is 22.3 Å². The Labute approximate surface area is 200 Å². The first-order chi connectivity index (χ1) is 16.0. The van der Waals surface area contributed by atoms with Crippen molar-refractivity contribution in [1.29, 1.82) is 0 Å². The molecular formula is C23H35F2N5O3S. The van der Waals surface area contributed by atoms with Crippen molar-refractivity contribution in [2.45, 2.75) is 43.2 Å². The highest BCUT2D eigenvalue weighted by molar-refractivity contribution is 7.89. The topological polar surface area (TPSA) is 81.9 Å². The molecule has 190 valence electrons. The molecule has 1 N–H and O–H groups in total. The van der Waals surface area contributed by atoms with Gasteiger partial charge in [0.1, 0.15) is 5.69 Å². The quantitative estimate of drug-likeness (QED) is 0.571. The zero-order chi connectivity index (χ0) is 25.2. The molecular weight excluding hydrogens is 464 g/mol. The summed E-state index contributed by atoms with van der Waals surface area (Å²) in [5.41, 5.74) is 0.785. The zero-order valence-electron chi connectivity index (χ0n) is 20.4. The summed E-state index contributed by atoms with van der Waals surface area (Å²) in [7, 11) is 2.67. The minimum atomic E-state index is -4.15. The number of rotatable bonds is 9. The average molecular weight is 500 g/mol. The molecule has 2 aromatic rings. The molecule has 0 bridgehead atoms. The van der Waals surface area contributed by atoms with Gasteiger partial charge >= 0.3 is 0 Å². The smallest absolute Gasteiger partial charge is 0.243 e. The largest absolute Gasteiger partial charge is 0.392 e. The van der Waals surface area contributed by atoms with E-state index in [2.05, 4.69) is 10.00 Å².